The second-order valence-corrected chi connectivity index (χ2v) is 8.50. The summed E-state index contributed by atoms with van der Waals surface area (Å²) in [4.78, 5) is 16.7. The highest BCUT2D eigenvalue weighted by Crippen LogP contribution is 2.29. The largest absolute Gasteiger partial charge is 0.325 e. The molecular weight excluding hydrogens is 356 g/mol. The summed E-state index contributed by atoms with van der Waals surface area (Å²) < 4.78 is 0. The number of aromatic nitrogens is 1. The van der Waals surface area contributed by atoms with E-state index in [0.29, 0.717) is 6.42 Å². The number of nitrogens with zero attached hydrogens (tertiary/aromatic N) is 1. The molecule has 0 aliphatic carbocycles. The Morgan fingerprint density at radius 3 is 2.55 bits per heavy atom. The molecule has 2 aromatic carbocycles. The van der Waals surface area contributed by atoms with Gasteiger partial charge in [-0.1, -0.05) is 76.1 Å². The molecule has 0 atom stereocenters. The second-order valence-electron chi connectivity index (χ2n) is 8.50. The maximum Gasteiger partial charge on any atom is 0.224 e. The summed E-state index contributed by atoms with van der Waals surface area (Å²) in [6.07, 6.45) is 7.70. The number of pyridine rings is 1. The molecule has 1 aromatic heterocycles. The Morgan fingerprint density at radius 2 is 1.79 bits per heavy atom. The summed E-state index contributed by atoms with van der Waals surface area (Å²) >= 11 is 0. The first kappa shape index (κ1) is 21.0. The van der Waals surface area contributed by atoms with Crippen LogP contribution in [0, 0.1) is 0 Å². The van der Waals surface area contributed by atoms with Gasteiger partial charge in [0.2, 0.25) is 5.91 Å². The van der Waals surface area contributed by atoms with Crippen LogP contribution in [0.4, 0.5) is 5.69 Å². The molecule has 3 aromatic rings. The lowest BCUT2D eigenvalue weighted by Gasteiger charge is -2.25. The molecular formula is C26H32N2O. The predicted octanol–water partition coefficient (Wildman–Crippen LogP) is 6.66. The zero-order valence-electron chi connectivity index (χ0n) is 17.9. The van der Waals surface area contributed by atoms with Crippen LogP contribution in [0.2, 0.25) is 0 Å². The van der Waals surface area contributed by atoms with E-state index in [-0.39, 0.29) is 11.3 Å². The molecule has 0 fully saturated rings. The third-order valence-corrected chi connectivity index (χ3v) is 5.63. The van der Waals surface area contributed by atoms with Gasteiger partial charge in [0.15, 0.2) is 0 Å². The van der Waals surface area contributed by atoms with Crippen molar-refractivity contribution >= 4 is 22.5 Å². The lowest BCUT2D eigenvalue weighted by Crippen LogP contribution is -2.16. The summed E-state index contributed by atoms with van der Waals surface area (Å²) in [5.74, 6) is 0.0411. The smallest absolute Gasteiger partial charge is 0.224 e. The Balaban J connectivity index is 1.48. The van der Waals surface area contributed by atoms with E-state index in [1.807, 2.05) is 30.3 Å². The molecule has 0 saturated carbocycles. The first-order chi connectivity index (χ1) is 14.0. The molecule has 0 radical (unpaired) electrons. The number of aryl methyl sites for hydroxylation is 1. The average Bonchev–Trinajstić information content (AvgIpc) is 2.72. The minimum Gasteiger partial charge on any atom is -0.325 e. The quantitative estimate of drug-likeness (QED) is 0.445. The van der Waals surface area contributed by atoms with Gasteiger partial charge in [-0.05, 0) is 47.9 Å². The van der Waals surface area contributed by atoms with Crippen molar-refractivity contribution in [3.8, 4) is 0 Å². The highest BCUT2D eigenvalue weighted by atomic mass is 16.1. The van der Waals surface area contributed by atoms with Crippen LogP contribution in [0.25, 0.3) is 10.9 Å². The van der Waals surface area contributed by atoms with E-state index in [1.54, 1.807) is 6.20 Å². The molecule has 29 heavy (non-hydrogen) atoms. The van der Waals surface area contributed by atoms with Gasteiger partial charge in [-0.2, -0.15) is 0 Å². The van der Waals surface area contributed by atoms with Gasteiger partial charge in [-0.25, -0.2) is 0 Å². The highest BCUT2D eigenvalue weighted by Gasteiger charge is 2.19. The minimum absolute atomic E-state index is 0.0411. The van der Waals surface area contributed by atoms with Crippen molar-refractivity contribution < 1.29 is 4.79 Å². The maximum atomic E-state index is 12.3. The number of unbranched alkanes of at least 4 members (excludes halogenated alkanes) is 1. The number of hydrogen-bond donors (Lipinski definition) is 1. The van der Waals surface area contributed by atoms with Crippen molar-refractivity contribution in [1.29, 1.82) is 0 Å². The Kier molecular flexibility index (Phi) is 7.03. The number of rotatable bonds is 9. The Labute approximate surface area is 174 Å². The van der Waals surface area contributed by atoms with Crippen molar-refractivity contribution in [3.05, 3.63) is 71.9 Å². The van der Waals surface area contributed by atoms with Gasteiger partial charge in [0.25, 0.3) is 0 Å². The van der Waals surface area contributed by atoms with Gasteiger partial charge in [-0.15, -0.1) is 0 Å². The summed E-state index contributed by atoms with van der Waals surface area (Å²) in [6, 6.07) is 18.8. The van der Waals surface area contributed by atoms with Crippen LogP contribution < -0.4 is 5.32 Å². The first-order valence-electron chi connectivity index (χ1n) is 10.7. The number of nitrogens with one attached hydrogen (secondary N) is 1. The molecule has 3 nitrogen and oxygen atoms in total. The van der Waals surface area contributed by atoms with E-state index < -0.39 is 0 Å². The molecule has 3 heteroatoms. The Bertz CT molecular complexity index is 944. The van der Waals surface area contributed by atoms with E-state index in [2.05, 4.69) is 55.3 Å². The monoisotopic (exact) mass is 388 g/mol. The number of fused-ring (bicyclic) bond motifs is 1. The summed E-state index contributed by atoms with van der Waals surface area (Å²) in [5, 5.41) is 4.00. The topological polar surface area (TPSA) is 42.0 Å². The van der Waals surface area contributed by atoms with Crippen LogP contribution in [-0.2, 0) is 16.6 Å². The van der Waals surface area contributed by atoms with Crippen molar-refractivity contribution in [2.75, 3.05) is 5.32 Å². The fourth-order valence-electron chi connectivity index (χ4n) is 3.70. The zero-order valence-corrected chi connectivity index (χ0v) is 17.9. The van der Waals surface area contributed by atoms with Gasteiger partial charge in [-0.3, -0.25) is 9.78 Å². The molecule has 0 bridgehead atoms. The van der Waals surface area contributed by atoms with Crippen LogP contribution in [0.3, 0.4) is 0 Å². The molecule has 0 aliphatic heterocycles. The number of amides is 1. The third-order valence-electron chi connectivity index (χ3n) is 5.63. The number of carbonyl (C=O) groups excluding carboxylic acids is 1. The molecule has 152 valence electrons. The van der Waals surface area contributed by atoms with E-state index in [9.17, 15) is 4.79 Å². The lowest BCUT2D eigenvalue weighted by atomic mass is 9.80. The van der Waals surface area contributed by atoms with Gasteiger partial charge in [0, 0.05) is 11.8 Å². The second kappa shape index (κ2) is 9.69. The third kappa shape index (κ3) is 5.90. The first-order valence-corrected chi connectivity index (χ1v) is 10.7. The van der Waals surface area contributed by atoms with Gasteiger partial charge in [0.1, 0.15) is 0 Å². The Hall–Kier alpha value is -2.68. The van der Waals surface area contributed by atoms with E-state index in [1.165, 1.54) is 30.4 Å². The summed E-state index contributed by atoms with van der Waals surface area (Å²) in [5.41, 5.74) is 4.61. The minimum atomic E-state index is 0.0411. The van der Waals surface area contributed by atoms with E-state index in [0.717, 1.165) is 29.4 Å². The fraction of sp³-hybridized carbons (Fsp3) is 0.385. The number of hydrogen-bond acceptors (Lipinski definition) is 2. The van der Waals surface area contributed by atoms with Gasteiger partial charge in [0.05, 0.1) is 17.4 Å². The summed E-state index contributed by atoms with van der Waals surface area (Å²) in [6.45, 7) is 6.89. The van der Waals surface area contributed by atoms with Crippen LogP contribution in [-0.4, -0.2) is 10.9 Å². The molecule has 1 heterocycles. The van der Waals surface area contributed by atoms with Crippen molar-refractivity contribution in [2.45, 2.75) is 64.7 Å². The number of para-hydroxylation sites is 1. The molecule has 1 N–H and O–H groups in total. The molecule has 0 aliphatic rings. The lowest BCUT2D eigenvalue weighted by molar-refractivity contribution is -0.116. The number of benzene rings is 2. The van der Waals surface area contributed by atoms with Crippen LogP contribution in [0.15, 0.2) is 60.8 Å². The van der Waals surface area contributed by atoms with Gasteiger partial charge < -0.3 is 5.32 Å². The summed E-state index contributed by atoms with van der Waals surface area (Å²) in [7, 11) is 0. The van der Waals surface area contributed by atoms with Crippen molar-refractivity contribution in [2.24, 2.45) is 0 Å². The van der Waals surface area contributed by atoms with Crippen molar-refractivity contribution in [3.63, 3.8) is 0 Å². The van der Waals surface area contributed by atoms with E-state index in [4.69, 9.17) is 0 Å². The standard InChI is InChI=1S/C26H32N2O/c1-4-5-17-26(2,3)22-15-13-20(14-16-22)9-8-12-25(29)28-23-18-21-10-6-7-11-24(21)27-19-23/h6-7,10-11,13-16,18-19H,4-5,8-9,12,17H2,1-3H3,(H,28,29). The van der Waals surface area contributed by atoms with E-state index >= 15 is 0 Å². The highest BCUT2D eigenvalue weighted by molar-refractivity contribution is 5.93. The zero-order chi connectivity index (χ0) is 20.7. The average molecular weight is 389 g/mol. The van der Waals surface area contributed by atoms with Crippen LogP contribution in [0.5, 0.6) is 0 Å². The Morgan fingerprint density at radius 1 is 1.03 bits per heavy atom. The SMILES string of the molecule is CCCCC(C)(C)c1ccc(CCCC(=O)Nc2cnc3ccccc3c2)cc1. The molecule has 3 rings (SSSR count). The molecule has 1 amide bonds. The van der Waals surface area contributed by atoms with Crippen LogP contribution >= 0.6 is 0 Å². The fourth-order valence-corrected chi connectivity index (χ4v) is 3.70. The van der Waals surface area contributed by atoms with Gasteiger partial charge >= 0.3 is 0 Å². The molecule has 0 spiro atoms. The number of carbonyl (C=O) groups is 1. The maximum absolute atomic E-state index is 12.3. The van der Waals surface area contributed by atoms with Crippen LogP contribution in [0.1, 0.15) is 64.0 Å². The predicted molar refractivity (Wildman–Crippen MR) is 122 cm³/mol. The number of anilines is 1. The normalized spacial score (nSPS) is 11.6. The van der Waals surface area contributed by atoms with Crippen molar-refractivity contribution in [1.82, 2.24) is 4.98 Å². The molecule has 0 unspecified atom stereocenters. The molecule has 0 saturated heterocycles.